The van der Waals surface area contributed by atoms with Gasteiger partial charge in [0, 0.05) is 4.47 Å². The van der Waals surface area contributed by atoms with Gasteiger partial charge in [-0.3, -0.25) is 9.36 Å². The lowest BCUT2D eigenvalue weighted by molar-refractivity contribution is 0.439. The third-order valence-corrected chi connectivity index (χ3v) is 2.61. The Hall–Kier alpha value is -1.23. The van der Waals surface area contributed by atoms with E-state index in [1.807, 2.05) is 0 Å². The number of fused-ring (bicyclic) bond motifs is 1. The number of aryl methyl sites for hydroxylation is 1. The van der Waals surface area contributed by atoms with Crippen molar-refractivity contribution in [2.75, 3.05) is 6.67 Å². The highest BCUT2D eigenvalue weighted by Crippen LogP contribution is 2.14. The van der Waals surface area contributed by atoms with Gasteiger partial charge in [0.25, 0.3) is 5.56 Å². The molecule has 1 heterocycles. The maximum atomic E-state index is 12.1. The predicted molar refractivity (Wildman–Crippen MR) is 59.7 cm³/mol. The van der Waals surface area contributed by atoms with Crippen LogP contribution in [0.3, 0.4) is 0 Å². The second-order valence-electron chi connectivity index (χ2n) is 3.09. The Morgan fingerprint density at radius 3 is 3.00 bits per heavy atom. The fourth-order valence-electron chi connectivity index (χ4n) is 1.38. The van der Waals surface area contributed by atoms with Gasteiger partial charge in [0.1, 0.15) is 6.67 Å². The van der Waals surface area contributed by atoms with Crippen LogP contribution in [0.2, 0.25) is 0 Å². The van der Waals surface area contributed by atoms with E-state index < -0.39 is 6.67 Å². The number of benzene rings is 1. The first-order chi connectivity index (χ1) is 7.22. The summed E-state index contributed by atoms with van der Waals surface area (Å²) in [7, 11) is 0. The number of alkyl halides is 1. The molecule has 0 amide bonds. The van der Waals surface area contributed by atoms with Crippen LogP contribution in [0.5, 0.6) is 0 Å². The first kappa shape index (κ1) is 10.3. The summed E-state index contributed by atoms with van der Waals surface area (Å²) >= 11 is 3.30. The molecule has 2 aromatic rings. The molecule has 0 aliphatic rings. The van der Waals surface area contributed by atoms with Gasteiger partial charge in [0.05, 0.1) is 23.8 Å². The standard InChI is InChI=1S/C10H8BrFN2O/c11-7-1-2-8-9(5-7)13-6-14(4-3-12)10(8)15/h1-2,5-6H,3-4H2. The molecule has 0 N–H and O–H groups in total. The van der Waals surface area contributed by atoms with E-state index in [0.29, 0.717) is 10.9 Å². The van der Waals surface area contributed by atoms with Crippen molar-refractivity contribution < 1.29 is 4.39 Å². The molecule has 0 aliphatic carbocycles. The molecule has 78 valence electrons. The normalized spacial score (nSPS) is 10.8. The Bertz CT molecular complexity index is 553. The van der Waals surface area contributed by atoms with Crippen molar-refractivity contribution in [3.8, 4) is 0 Å². The van der Waals surface area contributed by atoms with Crippen LogP contribution < -0.4 is 5.56 Å². The second-order valence-corrected chi connectivity index (χ2v) is 4.01. The summed E-state index contributed by atoms with van der Waals surface area (Å²) in [5.74, 6) is 0. The van der Waals surface area contributed by atoms with Gasteiger partial charge in [-0.1, -0.05) is 15.9 Å². The van der Waals surface area contributed by atoms with E-state index in [1.54, 1.807) is 18.2 Å². The molecule has 0 aliphatic heterocycles. The van der Waals surface area contributed by atoms with Crippen molar-refractivity contribution in [3.63, 3.8) is 0 Å². The van der Waals surface area contributed by atoms with Crippen LogP contribution in [0.4, 0.5) is 4.39 Å². The highest BCUT2D eigenvalue weighted by molar-refractivity contribution is 9.10. The molecule has 15 heavy (non-hydrogen) atoms. The molecular formula is C10H8BrFN2O. The van der Waals surface area contributed by atoms with Crippen LogP contribution in [-0.2, 0) is 6.54 Å². The molecule has 0 fully saturated rings. The third-order valence-electron chi connectivity index (χ3n) is 2.11. The topological polar surface area (TPSA) is 34.9 Å². The minimum Gasteiger partial charge on any atom is -0.296 e. The van der Waals surface area contributed by atoms with Crippen molar-refractivity contribution in [2.24, 2.45) is 0 Å². The zero-order valence-corrected chi connectivity index (χ0v) is 9.37. The number of rotatable bonds is 2. The Morgan fingerprint density at radius 1 is 1.47 bits per heavy atom. The maximum Gasteiger partial charge on any atom is 0.261 e. The predicted octanol–water partition coefficient (Wildman–Crippen LogP) is 2.13. The van der Waals surface area contributed by atoms with E-state index in [4.69, 9.17) is 0 Å². The van der Waals surface area contributed by atoms with Crippen molar-refractivity contribution in [1.82, 2.24) is 9.55 Å². The molecule has 3 nitrogen and oxygen atoms in total. The zero-order chi connectivity index (χ0) is 10.8. The SMILES string of the molecule is O=c1c2ccc(Br)cc2ncn1CCF. The first-order valence-corrected chi connectivity index (χ1v) is 5.22. The van der Waals surface area contributed by atoms with Crippen molar-refractivity contribution in [2.45, 2.75) is 6.54 Å². The molecule has 0 spiro atoms. The molecule has 0 radical (unpaired) electrons. The quantitative estimate of drug-likeness (QED) is 0.838. The van der Waals surface area contributed by atoms with Gasteiger partial charge in [-0.2, -0.15) is 0 Å². The minimum absolute atomic E-state index is 0.0534. The number of nitrogens with zero attached hydrogens (tertiary/aromatic N) is 2. The highest BCUT2D eigenvalue weighted by atomic mass is 79.9. The number of aromatic nitrogens is 2. The second kappa shape index (κ2) is 4.10. The minimum atomic E-state index is -0.566. The number of hydrogen-bond acceptors (Lipinski definition) is 2. The maximum absolute atomic E-state index is 12.1. The van der Waals surface area contributed by atoms with Crippen LogP contribution in [-0.4, -0.2) is 16.2 Å². The van der Waals surface area contributed by atoms with E-state index in [2.05, 4.69) is 20.9 Å². The summed E-state index contributed by atoms with van der Waals surface area (Å²) in [4.78, 5) is 15.9. The summed E-state index contributed by atoms with van der Waals surface area (Å²) in [6.45, 7) is -0.512. The molecule has 0 atom stereocenters. The molecular weight excluding hydrogens is 263 g/mol. The Labute approximate surface area is 93.7 Å². The molecule has 0 saturated carbocycles. The Balaban J connectivity index is 2.69. The van der Waals surface area contributed by atoms with E-state index in [-0.39, 0.29) is 12.1 Å². The molecule has 0 saturated heterocycles. The largest absolute Gasteiger partial charge is 0.296 e. The van der Waals surface area contributed by atoms with Crippen LogP contribution in [0, 0.1) is 0 Å². The van der Waals surface area contributed by atoms with E-state index in [0.717, 1.165) is 4.47 Å². The third kappa shape index (κ3) is 1.92. The average Bonchev–Trinajstić information content (AvgIpc) is 2.22. The van der Waals surface area contributed by atoms with Crippen LogP contribution in [0.15, 0.2) is 33.8 Å². The van der Waals surface area contributed by atoms with E-state index in [1.165, 1.54) is 10.9 Å². The lowest BCUT2D eigenvalue weighted by atomic mass is 10.2. The van der Waals surface area contributed by atoms with Gasteiger partial charge >= 0.3 is 0 Å². The van der Waals surface area contributed by atoms with Gasteiger partial charge in [0.2, 0.25) is 0 Å². The summed E-state index contributed by atoms with van der Waals surface area (Å²) in [6, 6.07) is 5.21. The lowest BCUT2D eigenvalue weighted by Gasteiger charge is -2.03. The zero-order valence-electron chi connectivity index (χ0n) is 7.78. The van der Waals surface area contributed by atoms with Gasteiger partial charge in [-0.25, -0.2) is 9.37 Å². The van der Waals surface area contributed by atoms with Crippen molar-refractivity contribution in [3.05, 3.63) is 39.4 Å². The Morgan fingerprint density at radius 2 is 2.27 bits per heavy atom. The summed E-state index contributed by atoms with van der Waals surface area (Å²) < 4.78 is 14.3. The van der Waals surface area contributed by atoms with Crippen LogP contribution >= 0.6 is 15.9 Å². The van der Waals surface area contributed by atoms with Gasteiger partial charge in [-0.05, 0) is 18.2 Å². The summed E-state index contributed by atoms with van der Waals surface area (Å²) in [5, 5.41) is 0.508. The smallest absolute Gasteiger partial charge is 0.261 e. The average molecular weight is 271 g/mol. The van der Waals surface area contributed by atoms with Gasteiger partial charge < -0.3 is 0 Å². The summed E-state index contributed by atoms with van der Waals surface area (Å²) in [5.41, 5.74) is 0.412. The highest BCUT2D eigenvalue weighted by Gasteiger charge is 2.03. The summed E-state index contributed by atoms with van der Waals surface area (Å²) in [6.07, 6.45) is 1.37. The fraction of sp³-hybridized carbons (Fsp3) is 0.200. The van der Waals surface area contributed by atoms with Crippen molar-refractivity contribution in [1.29, 1.82) is 0 Å². The van der Waals surface area contributed by atoms with Crippen LogP contribution in [0.25, 0.3) is 10.9 Å². The number of halogens is 2. The monoisotopic (exact) mass is 270 g/mol. The molecule has 2 rings (SSSR count). The molecule has 1 aromatic carbocycles. The first-order valence-electron chi connectivity index (χ1n) is 4.43. The lowest BCUT2D eigenvalue weighted by Crippen LogP contribution is -2.21. The molecule has 0 unspecified atom stereocenters. The Kier molecular flexibility index (Phi) is 2.81. The molecule has 1 aromatic heterocycles. The van der Waals surface area contributed by atoms with Gasteiger partial charge in [0.15, 0.2) is 0 Å². The van der Waals surface area contributed by atoms with Crippen molar-refractivity contribution >= 4 is 26.8 Å². The van der Waals surface area contributed by atoms with E-state index in [9.17, 15) is 9.18 Å². The van der Waals surface area contributed by atoms with E-state index >= 15 is 0 Å². The number of hydrogen-bond donors (Lipinski definition) is 0. The fourth-order valence-corrected chi connectivity index (χ4v) is 1.73. The molecule has 0 bridgehead atoms. The van der Waals surface area contributed by atoms with Crippen LogP contribution in [0.1, 0.15) is 0 Å². The molecule has 5 heteroatoms. The van der Waals surface area contributed by atoms with Gasteiger partial charge in [-0.15, -0.1) is 0 Å².